The Labute approximate surface area is 185 Å². The van der Waals surface area contributed by atoms with E-state index in [0.29, 0.717) is 15.8 Å². The number of carbonyl (C=O) groups excluding carboxylic acids is 1. The summed E-state index contributed by atoms with van der Waals surface area (Å²) in [4.78, 5) is 11.3. The monoisotopic (exact) mass is 434 g/mol. The van der Waals surface area contributed by atoms with Crippen molar-refractivity contribution in [3.05, 3.63) is 100 Å². The van der Waals surface area contributed by atoms with Crippen LogP contribution < -0.4 is 0 Å². The predicted octanol–water partition coefficient (Wildman–Crippen LogP) is 7.72. The summed E-state index contributed by atoms with van der Waals surface area (Å²) in [7, 11) is 0. The fourth-order valence-corrected chi connectivity index (χ4v) is 4.08. The van der Waals surface area contributed by atoms with Crippen molar-refractivity contribution in [2.75, 3.05) is 0 Å². The van der Waals surface area contributed by atoms with Crippen LogP contribution in [0.3, 0.4) is 0 Å². The Balaban J connectivity index is 0.000000168. The van der Waals surface area contributed by atoms with Gasteiger partial charge in [-0.25, -0.2) is 0 Å². The first kappa shape index (κ1) is 20.5. The van der Waals surface area contributed by atoms with Crippen molar-refractivity contribution >= 4 is 39.8 Å². The molecule has 4 heteroatoms. The highest BCUT2D eigenvalue weighted by atomic mass is 35.5. The molecule has 2 nitrogen and oxygen atoms in total. The van der Waals surface area contributed by atoms with Crippen LogP contribution in [0.1, 0.15) is 28.8 Å². The molecule has 0 heterocycles. The number of halogens is 2. The number of fused-ring (bicyclic) bond motifs is 2. The third kappa shape index (κ3) is 4.21. The zero-order valence-electron chi connectivity index (χ0n) is 16.2. The molecule has 0 bridgehead atoms. The lowest BCUT2D eigenvalue weighted by Gasteiger charge is -2.12. The van der Waals surface area contributed by atoms with Crippen molar-refractivity contribution in [2.24, 2.45) is 0 Å². The van der Waals surface area contributed by atoms with Gasteiger partial charge in [0.1, 0.15) is 5.75 Å². The Hall–Kier alpha value is -2.81. The minimum atomic E-state index is 0.277. The van der Waals surface area contributed by atoms with E-state index >= 15 is 0 Å². The van der Waals surface area contributed by atoms with E-state index in [-0.39, 0.29) is 5.75 Å². The Kier molecular flexibility index (Phi) is 6.08. The van der Waals surface area contributed by atoms with Gasteiger partial charge in [-0.2, -0.15) is 0 Å². The van der Waals surface area contributed by atoms with Gasteiger partial charge in [0.25, 0.3) is 0 Å². The molecule has 0 saturated carbocycles. The van der Waals surface area contributed by atoms with E-state index in [1.54, 1.807) is 12.1 Å². The number of rotatable bonds is 1. The number of hydrogen-bond donors (Lipinski definition) is 1. The maximum atomic E-state index is 11.3. The van der Waals surface area contributed by atoms with E-state index in [1.165, 1.54) is 5.56 Å². The van der Waals surface area contributed by atoms with Gasteiger partial charge < -0.3 is 5.11 Å². The number of carbonyl (C=O) groups is 1. The second-order valence-electron chi connectivity index (χ2n) is 7.24. The van der Waals surface area contributed by atoms with Gasteiger partial charge in [-0.15, -0.1) is 0 Å². The molecule has 150 valence electrons. The molecule has 1 aliphatic rings. The summed E-state index contributed by atoms with van der Waals surface area (Å²) in [6.45, 7) is 0. The smallest absolute Gasteiger partial charge is 0.163 e. The molecule has 0 spiro atoms. The van der Waals surface area contributed by atoms with Crippen LogP contribution in [0.4, 0.5) is 0 Å². The van der Waals surface area contributed by atoms with E-state index in [9.17, 15) is 9.90 Å². The molecule has 0 aromatic heterocycles. The van der Waals surface area contributed by atoms with Crippen molar-refractivity contribution in [2.45, 2.75) is 19.3 Å². The maximum Gasteiger partial charge on any atom is 0.163 e. The van der Waals surface area contributed by atoms with Crippen molar-refractivity contribution in [3.8, 4) is 16.9 Å². The third-order valence-corrected chi connectivity index (χ3v) is 6.04. The molecular weight excluding hydrogens is 415 g/mol. The average molecular weight is 435 g/mol. The molecule has 0 aliphatic heterocycles. The van der Waals surface area contributed by atoms with Gasteiger partial charge in [-0.3, -0.25) is 4.79 Å². The number of phenols is 1. The van der Waals surface area contributed by atoms with Gasteiger partial charge in [0.2, 0.25) is 0 Å². The van der Waals surface area contributed by atoms with Crippen molar-refractivity contribution < 1.29 is 9.90 Å². The summed E-state index contributed by atoms with van der Waals surface area (Å²) in [5.74, 6) is 0.589. The van der Waals surface area contributed by atoms with Crippen LogP contribution in [0.15, 0.2) is 78.9 Å². The molecule has 0 saturated heterocycles. The first-order valence-corrected chi connectivity index (χ1v) is 10.6. The average Bonchev–Trinajstić information content (AvgIpc) is 2.77. The lowest BCUT2D eigenvalue weighted by Crippen LogP contribution is -2.09. The molecule has 1 N–H and O–H groups in total. The molecule has 0 fully saturated rings. The van der Waals surface area contributed by atoms with E-state index in [4.69, 9.17) is 23.2 Å². The topological polar surface area (TPSA) is 37.3 Å². The number of aryl methyl sites for hydroxylation is 1. The first-order chi connectivity index (χ1) is 14.5. The molecule has 0 unspecified atom stereocenters. The van der Waals surface area contributed by atoms with E-state index < -0.39 is 0 Å². The van der Waals surface area contributed by atoms with E-state index in [1.807, 2.05) is 66.7 Å². The first-order valence-electron chi connectivity index (χ1n) is 9.82. The van der Waals surface area contributed by atoms with Crippen LogP contribution in [0.5, 0.6) is 5.75 Å². The predicted molar refractivity (Wildman–Crippen MR) is 125 cm³/mol. The normalized spacial score (nSPS) is 12.8. The summed E-state index contributed by atoms with van der Waals surface area (Å²) in [5.41, 5.74) is 4.17. The Bertz CT molecular complexity index is 1230. The number of aromatic hydroxyl groups is 1. The lowest BCUT2D eigenvalue weighted by molar-refractivity contribution is 0.0972. The van der Waals surface area contributed by atoms with Crippen molar-refractivity contribution in [1.29, 1.82) is 0 Å². The highest BCUT2D eigenvalue weighted by molar-refractivity contribution is 6.42. The molecule has 4 aromatic carbocycles. The zero-order chi connectivity index (χ0) is 21.1. The van der Waals surface area contributed by atoms with Crippen molar-refractivity contribution in [3.63, 3.8) is 0 Å². The lowest BCUT2D eigenvalue weighted by atomic mass is 9.91. The Morgan fingerprint density at radius 1 is 0.700 bits per heavy atom. The fourth-order valence-electron chi connectivity index (χ4n) is 3.78. The number of Topliss-reactive ketones (excluding diaryl/α,β-unsaturated/α-hetero) is 1. The standard InChI is InChI=1S/C16H10Cl2O.C10H10O/c17-14-7-5-10(9-15(14)18)11-6-8-16(19)13-4-2-1-3-12(11)13;11-10-7-3-5-8-4-1-2-6-9(8)10/h1-9,19H;1-2,4,6H,3,5,7H2. The summed E-state index contributed by atoms with van der Waals surface area (Å²) in [6, 6.07) is 24.7. The van der Waals surface area contributed by atoms with Gasteiger partial charge in [0.15, 0.2) is 5.78 Å². The van der Waals surface area contributed by atoms with Crippen molar-refractivity contribution in [1.82, 2.24) is 0 Å². The maximum absolute atomic E-state index is 11.3. The molecule has 0 radical (unpaired) electrons. The number of hydrogen-bond acceptors (Lipinski definition) is 2. The summed E-state index contributed by atoms with van der Waals surface area (Å²) < 4.78 is 0. The molecule has 0 atom stereocenters. The highest BCUT2D eigenvalue weighted by Crippen LogP contribution is 2.36. The second kappa shape index (κ2) is 8.91. The Morgan fingerprint density at radius 2 is 1.43 bits per heavy atom. The number of ketones is 1. The van der Waals surface area contributed by atoms with Gasteiger partial charge in [0, 0.05) is 17.4 Å². The van der Waals surface area contributed by atoms with Crippen LogP contribution in [0.2, 0.25) is 10.0 Å². The van der Waals surface area contributed by atoms with E-state index in [0.717, 1.165) is 46.7 Å². The van der Waals surface area contributed by atoms with Gasteiger partial charge in [0.05, 0.1) is 10.0 Å². The van der Waals surface area contributed by atoms with Crippen LogP contribution in [0, 0.1) is 0 Å². The van der Waals surface area contributed by atoms with Crippen LogP contribution in [0.25, 0.3) is 21.9 Å². The zero-order valence-corrected chi connectivity index (χ0v) is 17.8. The van der Waals surface area contributed by atoms with Gasteiger partial charge in [-0.05, 0) is 53.1 Å². The molecule has 30 heavy (non-hydrogen) atoms. The van der Waals surface area contributed by atoms with Crippen LogP contribution >= 0.6 is 23.2 Å². The van der Waals surface area contributed by atoms with Crippen LogP contribution in [-0.4, -0.2) is 10.9 Å². The van der Waals surface area contributed by atoms with Crippen LogP contribution in [-0.2, 0) is 6.42 Å². The Morgan fingerprint density at radius 3 is 2.20 bits per heavy atom. The quantitative estimate of drug-likeness (QED) is 0.332. The molecule has 5 rings (SSSR count). The van der Waals surface area contributed by atoms with Gasteiger partial charge in [-0.1, -0.05) is 83.9 Å². The molecule has 4 aromatic rings. The highest BCUT2D eigenvalue weighted by Gasteiger charge is 2.15. The summed E-state index contributed by atoms with van der Waals surface area (Å²) in [5, 5.41) is 12.8. The minimum absolute atomic E-state index is 0.277. The van der Waals surface area contributed by atoms with Gasteiger partial charge >= 0.3 is 0 Å². The molecule has 0 amide bonds. The summed E-state index contributed by atoms with van der Waals surface area (Å²) >= 11 is 12.0. The minimum Gasteiger partial charge on any atom is -0.507 e. The second-order valence-corrected chi connectivity index (χ2v) is 8.05. The fraction of sp³-hybridized carbons (Fsp3) is 0.115. The third-order valence-electron chi connectivity index (χ3n) is 5.30. The number of phenolic OH excluding ortho intramolecular Hbond substituents is 1. The SMILES string of the molecule is O=C1CCCc2ccccc21.Oc1ccc(-c2ccc(Cl)c(Cl)c2)c2ccccc12. The molecule has 1 aliphatic carbocycles. The number of benzene rings is 4. The molecular formula is C26H20Cl2O2. The largest absolute Gasteiger partial charge is 0.507 e. The summed E-state index contributed by atoms with van der Waals surface area (Å²) in [6.07, 6.45) is 2.83. The van der Waals surface area contributed by atoms with E-state index in [2.05, 4.69) is 0 Å².